The van der Waals surface area contributed by atoms with Crippen LogP contribution in [0.2, 0.25) is 5.02 Å². The first-order valence-corrected chi connectivity index (χ1v) is 33.7. The number of halogens is 2. The van der Waals surface area contributed by atoms with Crippen LogP contribution in [0.1, 0.15) is 48.2 Å². The summed E-state index contributed by atoms with van der Waals surface area (Å²) in [5.41, 5.74) is 6.88. The molecule has 23 nitrogen and oxygen atoms in total. The first-order chi connectivity index (χ1) is 48.3. The van der Waals surface area contributed by atoms with Gasteiger partial charge in [0.2, 0.25) is 29.7 Å². The summed E-state index contributed by atoms with van der Waals surface area (Å²) in [5.74, 6) is 0.248. The van der Waals surface area contributed by atoms with Crippen LogP contribution >= 0.6 is 22.9 Å². The lowest BCUT2D eigenvalue weighted by Gasteiger charge is -2.42. The smallest absolute Gasteiger partial charge is 0.345 e. The minimum atomic E-state index is -1.44. The molecule has 0 spiro atoms. The molecule has 0 radical (unpaired) electrons. The van der Waals surface area contributed by atoms with Crippen LogP contribution in [0.4, 0.5) is 10.1 Å². The summed E-state index contributed by atoms with van der Waals surface area (Å²) in [7, 11) is 3.79. The number of thiophene rings is 1. The highest BCUT2D eigenvalue weighted by Gasteiger charge is 2.33. The standard InChI is InChI=1S/C74H76ClFN10O13S/c1-7-35-96-43-51-39-53(81-62(88)41-78-71(91)68(46(2)3)83-61(87)27-36-95-37-32-85-63(89)24-25-64(85)90)21-18-50(51)42-86(5)33-29-84(30-34-86)31-38-97-59-23-22-55(47(4)67(59)75)65-66-72(79-45-80-73(66)100-69(65)48-16-19-52(76)20-17-48)99-60(74(92)93)40-49-12-8-10-14-57(49)98-44-54-26-28-77-70(82-54)56-13-9-11-15-58(56)94-6/h1,8-26,28,39,45-46,60,68H,27,29-38,40-44H2,2-6H3,(H3-,78,81,83,87,88,91,92,93)/p+1. The van der Waals surface area contributed by atoms with Crippen LogP contribution in [0, 0.1) is 31.0 Å². The van der Waals surface area contributed by atoms with Crippen molar-refractivity contribution in [2.24, 2.45) is 5.92 Å². The van der Waals surface area contributed by atoms with Crippen molar-refractivity contribution >= 4 is 74.3 Å². The van der Waals surface area contributed by atoms with Crippen LogP contribution in [-0.2, 0) is 64.4 Å². The number of rotatable bonds is 33. The Hall–Kier alpha value is -10.2. The van der Waals surface area contributed by atoms with Crippen molar-refractivity contribution in [2.45, 2.75) is 65.5 Å². The van der Waals surface area contributed by atoms with E-state index in [0.29, 0.717) is 102 Å². The van der Waals surface area contributed by atoms with Gasteiger partial charge in [0.25, 0.3) is 11.8 Å². The van der Waals surface area contributed by atoms with Gasteiger partial charge in [0.05, 0.1) is 81.8 Å². The SMILES string of the molecule is C#CCOCc1cc(NC(=O)CNC(=O)C(NC(=O)CCOCCN2C(=O)C=CC2=O)C(C)C)ccc1C[N+]1(C)CCN(CCOc2ccc(-c3c(-c4ccc(F)cc4)sc4ncnc(OC(Cc5ccccc5OCc5ccnc(-c6ccccc6OC)n5)C(=O)O)c34)c(C)c2Cl)CC1. The molecule has 26 heteroatoms. The van der Waals surface area contributed by atoms with Gasteiger partial charge in [0.1, 0.15) is 66.6 Å². The zero-order valence-corrected chi connectivity index (χ0v) is 57.5. The number of para-hydroxylation sites is 2. The van der Waals surface area contributed by atoms with Gasteiger partial charge in [-0.05, 0) is 95.3 Å². The maximum atomic E-state index is 14.5. The van der Waals surface area contributed by atoms with Crippen LogP contribution < -0.4 is 34.9 Å². The van der Waals surface area contributed by atoms with Gasteiger partial charge in [-0.25, -0.2) is 29.1 Å². The lowest BCUT2D eigenvalue weighted by molar-refractivity contribution is -0.926. The number of carbonyl (C=O) groups excluding carboxylic acids is 5. The average Bonchev–Trinajstić information content (AvgIpc) is 1.58. The third-order valence-corrected chi connectivity index (χ3v) is 18.7. The number of terminal acetylenes is 1. The van der Waals surface area contributed by atoms with Gasteiger partial charge in [-0.2, -0.15) is 0 Å². The molecule has 10 rings (SSSR count). The summed E-state index contributed by atoms with van der Waals surface area (Å²) >= 11 is 8.58. The highest BCUT2D eigenvalue weighted by atomic mass is 35.5. The number of hydrogen-bond acceptors (Lipinski definition) is 18. The third-order valence-electron chi connectivity index (χ3n) is 17.1. The number of aliphatic carboxylic acids is 1. The summed E-state index contributed by atoms with van der Waals surface area (Å²) in [6.07, 6.45) is 9.26. The molecule has 100 heavy (non-hydrogen) atoms. The summed E-state index contributed by atoms with van der Waals surface area (Å²) in [6, 6.07) is 30.8. The molecule has 5 aromatic carbocycles. The summed E-state index contributed by atoms with van der Waals surface area (Å²) in [4.78, 5) is 98.9. The van der Waals surface area contributed by atoms with Crippen molar-refractivity contribution in [3.05, 3.63) is 173 Å². The molecule has 5 amide bonds. The van der Waals surface area contributed by atoms with E-state index in [0.717, 1.165) is 52.3 Å². The van der Waals surface area contributed by atoms with E-state index in [4.69, 9.17) is 51.4 Å². The fraction of sp³-hybridized carbons (Fsp3) is 0.324. The van der Waals surface area contributed by atoms with Gasteiger partial charge in [0.15, 0.2) is 5.82 Å². The van der Waals surface area contributed by atoms with Gasteiger partial charge in [-0.15, -0.1) is 17.8 Å². The highest BCUT2D eigenvalue weighted by Crippen LogP contribution is 2.50. The molecule has 520 valence electrons. The van der Waals surface area contributed by atoms with Crippen molar-refractivity contribution in [1.82, 2.24) is 40.4 Å². The number of fused-ring (bicyclic) bond motifs is 1. The van der Waals surface area contributed by atoms with Crippen LogP contribution in [0.5, 0.6) is 23.1 Å². The predicted molar refractivity (Wildman–Crippen MR) is 375 cm³/mol. The number of benzene rings is 5. The number of nitrogens with zero attached hydrogens (tertiary/aromatic N) is 7. The normalized spacial score (nSPS) is 14.2. The van der Waals surface area contributed by atoms with Crippen molar-refractivity contribution < 1.29 is 71.2 Å². The molecule has 0 aliphatic carbocycles. The van der Waals surface area contributed by atoms with Crippen molar-refractivity contribution in [2.75, 3.05) is 91.7 Å². The molecule has 0 saturated carbocycles. The van der Waals surface area contributed by atoms with E-state index < -0.39 is 53.5 Å². The van der Waals surface area contributed by atoms with E-state index in [-0.39, 0.29) is 70.8 Å². The Morgan fingerprint density at radius 1 is 0.810 bits per heavy atom. The van der Waals surface area contributed by atoms with Crippen LogP contribution in [0.25, 0.3) is 43.2 Å². The van der Waals surface area contributed by atoms with Crippen molar-refractivity contribution in [3.63, 3.8) is 0 Å². The Bertz CT molecular complexity index is 4350. The molecule has 1 saturated heterocycles. The Kier molecular flexibility index (Phi) is 24.7. The van der Waals surface area contributed by atoms with Gasteiger partial charge < -0.3 is 54.0 Å². The topological polar surface area (TPSA) is 272 Å². The summed E-state index contributed by atoms with van der Waals surface area (Å²) < 4.78 is 51.2. The first kappa shape index (κ1) is 72.5. The number of quaternary nitrogens is 1. The largest absolute Gasteiger partial charge is 0.496 e. The minimum absolute atomic E-state index is 0.00512. The lowest BCUT2D eigenvalue weighted by Crippen LogP contribution is -2.57. The fourth-order valence-corrected chi connectivity index (χ4v) is 13.0. The minimum Gasteiger partial charge on any atom is -0.496 e. The third kappa shape index (κ3) is 18.6. The van der Waals surface area contributed by atoms with E-state index in [1.54, 1.807) is 75.7 Å². The molecule has 2 aliphatic heterocycles. The quantitative estimate of drug-likeness (QED) is 0.0129. The second-order valence-corrected chi connectivity index (χ2v) is 25.9. The van der Waals surface area contributed by atoms with Crippen molar-refractivity contribution in [1.29, 1.82) is 0 Å². The summed E-state index contributed by atoms with van der Waals surface area (Å²) in [6.45, 7) is 10.3. The maximum Gasteiger partial charge on any atom is 0.345 e. The molecule has 1 fully saturated rings. The van der Waals surface area contributed by atoms with Crippen molar-refractivity contribution in [3.8, 4) is 68.4 Å². The lowest BCUT2D eigenvalue weighted by atomic mass is 9.96. The monoisotopic (exact) mass is 1400 g/mol. The van der Waals surface area contributed by atoms with Crippen LogP contribution in [0.15, 0.2) is 134 Å². The zero-order valence-electron chi connectivity index (χ0n) is 56.0. The van der Waals surface area contributed by atoms with Gasteiger partial charge in [0, 0.05) is 72.5 Å². The Labute approximate surface area is 587 Å². The number of imide groups is 1. The zero-order chi connectivity index (χ0) is 70.9. The Morgan fingerprint density at radius 2 is 1.56 bits per heavy atom. The van der Waals surface area contributed by atoms with Gasteiger partial charge >= 0.3 is 5.97 Å². The number of methoxy groups -OCH3 is 1. The number of piperazine rings is 1. The molecular formula is C74H77ClFN10O13S+. The molecule has 8 aromatic rings. The number of hydrogen-bond donors (Lipinski definition) is 4. The molecule has 3 aromatic heterocycles. The Morgan fingerprint density at radius 3 is 2.30 bits per heavy atom. The first-order valence-electron chi connectivity index (χ1n) is 32.5. The average molecular weight is 1400 g/mol. The van der Waals surface area contributed by atoms with E-state index in [2.05, 4.69) is 48.8 Å². The number of anilines is 1. The molecule has 4 N–H and O–H groups in total. The maximum absolute atomic E-state index is 14.5. The van der Waals surface area contributed by atoms with E-state index in [9.17, 15) is 38.3 Å². The van der Waals surface area contributed by atoms with Gasteiger partial charge in [-0.1, -0.05) is 86.0 Å². The number of aromatic nitrogens is 4. The molecule has 2 aliphatic rings. The van der Waals surface area contributed by atoms with Gasteiger partial charge in [-0.3, -0.25) is 33.8 Å². The number of carboxylic acid groups (broad SMARTS) is 1. The number of likely N-dealkylation sites (N-methyl/N-ethyl adjacent to an activating group) is 1. The number of carbonyl (C=O) groups is 6. The molecule has 2 unspecified atom stereocenters. The predicted octanol–water partition coefficient (Wildman–Crippen LogP) is 9.26. The molecule has 2 atom stereocenters. The number of amides is 5. The fourth-order valence-electron chi connectivity index (χ4n) is 11.6. The second kappa shape index (κ2) is 34.0. The number of carboxylic acids is 1. The molecule has 5 heterocycles. The molecular weight excluding hydrogens is 1320 g/mol. The van der Waals surface area contributed by atoms with E-state index in [1.165, 1.54) is 41.9 Å². The summed E-state index contributed by atoms with van der Waals surface area (Å²) in [5, 5.41) is 19.8. The van der Waals surface area contributed by atoms with E-state index in [1.807, 2.05) is 55.5 Å². The molecule has 0 bridgehead atoms. The second-order valence-electron chi connectivity index (χ2n) is 24.5. The highest BCUT2D eigenvalue weighted by molar-refractivity contribution is 7.22. The number of ether oxygens (including phenoxy) is 6. The Balaban J connectivity index is 0.750. The van der Waals surface area contributed by atoms with Crippen LogP contribution in [0.3, 0.4) is 0 Å². The van der Waals surface area contributed by atoms with E-state index >= 15 is 0 Å². The number of nitrogens with one attached hydrogen (secondary N) is 3. The van der Waals surface area contributed by atoms with Crippen LogP contribution in [-0.4, -0.2) is 173 Å².